The standard InChI is InChI=1S/C17H14N4O12S4/c22-34(23,24)13(10-4-2-1-3-5-10)14(35(25,26)27)11-6-7-12(21-17-19-8-18-9-20-17)16(37(31,32)33)15(11)36(28,29)30/h1-9H,(H,22,23,24)(H,25,26,27)(H,28,29,30)(H,31,32,33)(H,18,19,20,21). The lowest BCUT2D eigenvalue weighted by Gasteiger charge is -2.18. The van der Waals surface area contributed by atoms with Crippen molar-refractivity contribution in [2.45, 2.75) is 9.79 Å². The van der Waals surface area contributed by atoms with E-state index in [1.54, 1.807) is 0 Å². The van der Waals surface area contributed by atoms with Gasteiger partial charge in [-0.05, 0) is 17.7 Å². The minimum atomic E-state index is -5.85. The summed E-state index contributed by atoms with van der Waals surface area (Å²) in [4.78, 5) is 3.79. The maximum atomic E-state index is 12.4. The fraction of sp³-hybridized carbons (Fsp3) is 0. The second-order valence-corrected chi connectivity index (χ2v) is 12.3. The Morgan fingerprint density at radius 2 is 1.16 bits per heavy atom. The Labute approximate surface area is 209 Å². The monoisotopic (exact) mass is 594 g/mol. The van der Waals surface area contributed by atoms with Crippen molar-refractivity contribution in [3.63, 3.8) is 0 Å². The average molecular weight is 595 g/mol. The zero-order valence-corrected chi connectivity index (χ0v) is 21.0. The number of anilines is 2. The highest BCUT2D eigenvalue weighted by Gasteiger charge is 2.38. The van der Waals surface area contributed by atoms with Crippen molar-refractivity contribution in [3.05, 3.63) is 66.2 Å². The predicted molar refractivity (Wildman–Crippen MR) is 126 cm³/mol. The molecule has 16 nitrogen and oxygen atoms in total. The molecule has 0 aliphatic heterocycles. The third kappa shape index (κ3) is 6.31. The van der Waals surface area contributed by atoms with Crippen LogP contribution in [0.1, 0.15) is 11.1 Å². The number of nitrogens with zero attached hydrogens (tertiary/aromatic N) is 3. The van der Waals surface area contributed by atoms with E-state index in [0.717, 1.165) is 24.8 Å². The quantitative estimate of drug-likeness (QED) is 0.177. The molecule has 20 heteroatoms. The summed E-state index contributed by atoms with van der Waals surface area (Å²) >= 11 is 0. The van der Waals surface area contributed by atoms with E-state index >= 15 is 0 Å². The summed E-state index contributed by atoms with van der Waals surface area (Å²) in [6.45, 7) is 0. The molecule has 0 fully saturated rings. The Morgan fingerprint density at radius 1 is 0.649 bits per heavy atom. The molecule has 5 N–H and O–H groups in total. The predicted octanol–water partition coefficient (Wildman–Crippen LogP) is 0.710. The van der Waals surface area contributed by atoms with Crippen molar-refractivity contribution >= 4 is 61.9 Å². The second kappa shape index (κ2) is 9.83. The summed E-state index contributed by atoms with van der Waals surface area (Å²) in [6, 6.07) is 6.80. The lowest BCUT2D eigenvalue weighted by molar-refractivity contribution is 0.466. The average Bonchev–Trinajstić information content (AvgIpc) is 2.75. The van der Waals surface area contributed by atoms with Crippen LogP contribution >= 0.6 is 0 Å². The number of hydrogen-bond acceptors (Lipinski definition) is 12. The van der Waals surface area contributed by atoms with Gasteiger partial charge in [0.25, 0.3) is 40.5 Å². The van der Waals surface area contributed by atoms with Crippen molar-refractivity contribution in [2.75, 3.05) is 5.32 Å². The number of benzene rings is 2. The lowest BCUT2D eigenvalue weighted by atomic mass is 10.1. The van der Waals surface area contributed by atoms with Gasteiger partial charge in [0.1, 0.15) is 32.3 Å². The van der Waals surface area contributed by atoms with Gasteiger partial charge in [0.2, 0.25) is 5.95 Å². The highest BCUT2D eigenvalue weighted by atomic mass is 32.2. The van der Waals surface area contributed by atoms with Crippen LogP contribution in [0.5, 0.6) is 0 Å². The molecule has 198 valence electrons. The van der Waals surface area contributed by atoms with Gasteiger partial charge in [-0.25, -0.2) is 15.0 Å². The minimum Gasteiger partial charge on any atom is -0.323 e. The van der Waals surface area contributed by atoms with Gasteiger partial charge in [0.05, 0.1) is 5.69 Å². The molecule has 0 radical (unpaired) electrons. The van der Waals surface area contributed by atoms with E-state index in [2.05, 4.69) is 20.3 Å². The van der Waals surface area contributed by atoms with E-state index in [1.165, 1.54) is 18.2 Å². The topological polar surface area (TPSA) is 268 Å². The number of hydrogen-bond donors (Lipinski definition) is 5. The molecule has 0 saturated carbocycles. The highest BCUT2D eigenvalue weighted by Crippen LogP contribution is 2.41. The van der Waals surface area contributed by atoms with Crippen molar-refractivity contribution in [2.24, 2.45) is 0 Å². The van der Waals surface area contributed by atoms with Gasteiger partial charge >= 0.3 is 0 Å². The summed E-state index contributed by atoms with van der Waals surface area (Å²) in [5.74, 6) is -0.401. The smallest absolute Gasteiger partial charge is 0.298 e. The molecule has 3 rings (SSSR count). The molecule has 2 aromatic carbocycles. The van der Waals surface area contributed by atoms with Gasteiger partial charge in [0.15, 0.2) is 0 Å². The van der Waals surface area contributed by atoms with E-state index in [9.17, 15) is 51.9 Å². The normalized spacial score (nSPS) is 13.6. The Morgan fingerprint density at radius 3 is 1.62 bits per heavy atom. The summed E-state index contributed by atoms with van der Waals surface area (Å²) in [5, 5.41) is 2.22. The van der Waals surface area contributed by atoms with Gasteiger partial charge in [-0.1, -0.05) is 30.3 Å². The minimum absolute atomic E-state index is 0.401. The molecular weight excluding hydrogens is 580 g/mol. The van der Waals surface area contributed by atoms with Crippen molar-refractivity contribution < 1.29 is 51.9 Å². The second-order valence-electron chi connectivity index (χ2n) is 6.83. The number of rotatable bonds is 8. The molecular formula is C17H14N4O12S4. The molecule has 0 amide bonds. The zero-order chi connectivity index (χ0) is 27.8. The zero-order valence-electron chi connectivity index (χ0n) is 17.7. The maximum Gasteiger partial charge on any atom is 0.298 e. The van der Waals surface area contributed by atoms with Crippen LogP contribution in [-0.2, 0) is 40.5 Å². The number of aromatic nitrogens is 3. The SMILES string of the molecule is O=S(=O)(O)C(=C(c1ccc(Nc2ncncn2)c(S(=O)(=O)O)c1S(=O)(=O)O)S(=O)(=O)O)c1ccccc1. The maximum absolute atomic E-state index is 12.4. The molecule has 0 bridgehead atoms. The van der Waals surface area contributed by atoms with Gasteiger partial charge in [-0.2, -0.15) is 33.7 Å². The fourth-order valence-electron chi connectivity index (χ4n) is 3.14. The molecule has 3 aromatic rings. The first-order chi connectivity index (χ1) is 16.9. The van der Waals surface area contributed by atoms with E-state index < -0.39 is 82.8 Å². The summed E-state index contributed by atoms with van der Waals surface area (Å²) in [7, 11) is -23.0. The molecule has 0 spiro atoms. The van der Waals surface area contributed by atoms with E-state index in [0.29, 0.717) is 12.1 Å². The summed E-state index contributed by atoms with van der Waals surface area (Å²) < 4.78 is 138. The van der Waals surface area contributed by atoms with Crippen LogP contribution in [0, 0.1) is 0 Å². The first-order valence-corrected chi connectivity index (χ1v) is 14.9. The van der Waals surface area contributed by atoms with Crippen LogP contribution in [0.4, 0.5) is 11.6 Å². The molecule has 0 aliphatic carbocycles. The molecule has 0 aliphatic rings. The first kappa shape index (κ1) is 28.2. The Bertz CT molecular complexity index is 1820. The summed E-state index contributed by atoms with van der Waals surface area (Å²) in [6.07, 6.45) is 1.88. The van der Waals surface area contributed by atoms with Gasteiger partial charge in [0, 0.05) is 5.56 Å². The van der Waals surface area contributed by atoms with Crippen molar-refractivity contribution in [1.29, 1.82) is 0 Å². The number of nitrogens with one attached hydrogen (secondary N) is 1. The lowest BCUT2D eigenvalue weighted by Crippen LogP contribution is -2.18. The molecule has 1 heterocycles. The molecule has 1 aromatic heterocycles. The first-order valence-electron chi connectivity index (χ1n) is 9.18. The molecule has 0 unspecified atom stereocenters. The van der Waals surface area contributed by atoms with Crippen LogP contribution in [0.2, 0.25) is 0 Å². The Hall–Kier alpha value is -3.37. The van der Waals surface area contributed by atoms with Gasteiger partial charge in [-0.15, -0.1) is 0 Å². The van der Waals surface area contributed by atoms with Crippen molar-refractivity contribution in [3.8, 4) is 0 Å². The summed E-state index contributed by atoms with van der Waals surface area (Å²) in [5.41, 5.74) is -2.84. The van der Waals surface area contributed by atoms with Gasteiger partial charge < -0.3 is 5.32 Å². The third-order valence-electron chi connectivity index (χ3n) is 4.37. The Kier molecular flexibility index (Phi) is 7.49. The van der Waals surface area contributed by atoms with E-state index in [1.807, 2.05) is 0 Å². The largest absolute Gasteiger partial charge is 0.323 e. The van der Waals surface area contributed by atoms with Gasteiger partial charge in [-0.3, -0.25) is 18.2 Å². The van der Waals surface area contributed by atoms with E-state index in [4.69, 9.17) is 0 Å². The van der Waals surface area contributed by atoms with Crippen LogP contribution in [0.25, 0.3) is 9.81 Å². The van der Waals surface area contributed by atoms with Crippen LogP contribution < -0.4 is 5.32 Å². The van der Waals surface area contributed by atoms with Crippen molar-refractivity contribution in [1.82, 2.24) is 15.0 Å². The molecule has 0 saturated heterocycles. The highest BCUT2D eigenvalue weighted by molar-refractivity contribution is 8.01. The van der Waals surface area contributed by atoms with Crippen LogP contribution in [-0.4, -0.2) is 66.8 Å². The molecule has 37 heavy (non-hydrogen) atoms. The van der Waals surface area contributed by atoms with Crippen LogP contribution in [0.3, 0.4) is 0 Å². The van der Waals surface area contributed by atoms with Crippen LogP contribution in [0.15, 0.2) is 64.9 Å². The van der Waals surface area contributed by atoms with E-state index in [-0.39, 0.29) is 0 Å². The third-order valence-corrected chi connectivity index (χ3v) is 8.40. The molecule has 0 atom stereocenters. The fourth-order valence-corrected chi connectivity index (χ4v) is 7.58. The Balaban J connectivity index is 2.63.